The topological polar surface area (TPSA) is 48.3 Å². The zero-order valence-corrected chi connectivity index (χ0v) is 13.5. The lowest BCUT2D eigenvalue weighted by Gasteiger charge is -2.17. The Balaban J connectivity index is 2.06. The number of rotatable bonds is 2. The summed E-state index contributed by atoms with van der Waals surface area (Å²) in [5.74, 6) is -0.582. The minimum Gasteiger partial charge on any atom is -0.451 e. The van der Waals surface area contributed by atoms with Gasteiger partial charge in [-0.1, -0.05) is 29.3 Å². The fourth-order valence-electron chi connectivity index (χ4n) is 2.57. The second-order valence-corrected chi connectivity index (χ2v) is 6.52. The van der Waals surface area contributed by atoms with Crippen molar-refractivity contribution in [1.82, 2.24) is 4.57 Å². The Bertz CT molecular complexity index is 840. The van der Waals surface area contributed by atoms with Crippen LogP contribution in [0.15, 0.2) is 35.3 Å². The molecule has 0 aliphatic carbocycles. The van der Waals surface area contributed by atoms with Gasteiger partial charge in [0.2, 0.25) is 0 Å². The summed E-state index contributed by atoms with van der Waals surface area (Å²) in [7, 11) is 0. The van der Waals surface area contributed by atoms with E-state index in [-0.39, 0.29) is 17.7 Å². The van der Waals surface area contributed by atoms with Crippen molar-refractivity contribution in [2.75, 3.05) is 0 Å². The summed E-state index contributed by atoms with van der Waals surface area (Å²) in [6.07, 6.45) is 1.65. The average molecular weight is 338 g/mol. The Morgan fingerprint density at radius 2 is 1.91 bits per heavy atom. The molecule has 0 N–H and O–H groups in total. The summed E-state index contributed by atoms with van der Waals surface area (Å²) in [6.45, 7) is 3.78. The number of halogens is 2. The molecule has 0 saturated heterocycles. The Hall–Kier alpha value is -1.78. The number of hydrogen-bond acceptors (Lipinski definition) is 3. The zero-order valence-electron chi connectivity index (χ0n) is 12.0. The second kappa shape index (κ2) is 5.14. The summed E-state index contributed by atoms with van der Waals surface area (Å²) in [4.78, 5) is 24.5. The lowest BCUT2D eigenvalue weighted by molar-refractivity contribution is 0.00949. The van der Waals surface area contributed by atoms with Crippen LogP contribution in [-0.4, -0.2) is 10.5 Å². The largest absolute Gasteiger partial charge is 0.451 e. The summed E-state index contributed by atoms with van der Waals surface area (Å²) >= 11 is 12.0. The highest BCUT2D eigenvalue weighted by atomic mass is 35.5. The van der Waals surface area contributed by atoms with Crippen LogP contribution in [0.1, 0.15) is 35.3 Å². The number of cyclic esters (lactones) is 1. The fourth-order valence-corrected chi connectivity index (χ4v) is 3.04. The monoisotopic (exact) mass is 337 g/mol. The highest BCUT2D eigenvalue weighted by Crippen LogP contribution is 2.33. The van der Waals surface area contributed by atoms with Crippen LogP contribution in [0.2, 0.25) is 10.0 Å². The molecule has 3 rings (SSSR count). The second-order valence-electron chi connectivity index (χ2n) is 5.67. The summed E-state index contributed by atoms with van der Waals surface area (Å²) in [5, 5.41) is 1.00. The van der Waals surface area contributed by atoms with Gasteiger partial charge >= 0.3 is 5.97 Å². The molecule has 1 aliphatic rings. The molecular formula is C16H13Cl2NO3. The van der Waals surface area contributed by atoms with E-state index in [2.05, 4.69) is 0 Å². The Kier molecular flexibility index (Phi) is 3.54. The van der Waals surface area contributed by atoms with E-state index in [9.17, 15) is 9.59 Å². The van der Waals surface area contributed by atoms with Gasteiger partial charge in [0.05, 0.1) is 6.54 Å². The predicted octanol–water partition coefficient (Wildman–Crippen LogP) is 3.61. The lowest BCUT2D eigenvalue weighted by Crippen LogP contribution is -2.26. The Morgan fingerprint density at radius 3 is 2.59 bits per heavy atom. The van der Waals surface area contributed by atoms with Crippen LogP contribution in [0.3, 0.4) is 0 Å². The number of nitrogens with zero attached hydrogens (tertiary/aromatic N) is 1. The van der Waals surface area contributed by atoms with Crippen molar-refractivity contribution in [2.24, 2.45) is 0 Å². The van der Waals surface area contributed by atoms with Crippen LogP contribution in [0, 0.1) is 0 Å². The van der Waals surface area contributed by atoms with E-state index in [1.54, 1.807) is 44.3 Å². The molecule has 1 aromatic heterocycles. The maximum atomic E-state index is 12.5. The first kappa shape index (κ1) is 15.1. The Morgan fingerprint density at radius 1 is 1.18 bits per heavy atom. The maximum absolute atomic E-state index is 12.5. The number of carbonyl (C=O) groups is 1. The van der Waals surface area contributed by atoms with Gasteiger partial charge in [-0.05, 0) is 37.6 Å². The normalized spacial score (nSPS) is 15.5. The van der Waals surface area contributed by atoms with Gasteiger partial charge in [-0.2, -0.15) is 0 Å². The third-order valence-electron chi connectivity index (χ3n) is 3.72. The molecule has 2 aromatic rings. The van der Waals surface area contributed by atoms with E-state index in [1.807, 2.05) is 0 Å². The van der Waals surface area contributed by atoms with E-state index in [4.69, 9.17) is 27.9 Å². The number of ether oxygens (including phenoxy) is 1. The zero-order chi connectivity index (χ0) is 16.1. The molecule has 1 aromatic carbocycles. The number of benzene rings is 1. The summed E-state index contributed by atoms with van der Waals surface area (Å²) < 4.78 is 6.69. The smallest absolute Gasteiger partial charge is 0.345 e. The van der Waals surface area contributed by atoms with Gasteiger partial charge in [-0.3, -0.25) is 4.79 Å². The van der Waals surface area contributed by atoms with Crippen molar-refractivity contribution in [3.63, 3.8) is 0 Å². The number of aromatic nitrogens is 1. The first-order valence-corrected chi connectivity index (χ1v) is 7.46. The molecule has 0 bridgehead atoms. The summed E-state index contributed by atoms with van der Waals surface area (Å²) in [6, 6.07) is 6.82. The molecule has 1 aliphatic heterocycles. The van der Waals surface area contributed by atoms with Crippen molar-refractivity contribution in [2.45, 2.75) is 26.0 Å². The molecular weight excluding hydrogens is 325 g/mol. The molecule has 0 atom stereocenters. The first-order valence-electron chi connectivity index (χ1n) is 6.71. The van der Waals surface area contributed by atoms with Crippen LogP contribution in [0.5, 0.6) is 0 Å². The maximum Gasteiger partial charge on any atom is 0.345 e. The molecule has 2 heterocycles. The van der Waals surface area contributed by atoms with Crippen molar-refractivity contribution in [3.05, 3.63) is 67.6 Å². The van der Waals surface area contributed by atoms with E-state index in [0.717, 1.165) is 5.56 Å². The number of pyridine rings is 1. The number of fused-ring (bicyclic) bond motifs is 1. The third kappa shape index (κ3) is 2.42. The molecule has 22 heavy (non-hydrogen) atoms. The summed E-state index contributed by atoms with van der Waals surface area (Å²) in [5.41, 5.74) is 0.305. The number of carbonyl (C=O) groups excluding carboxylic acids is 1. The minimum atomic E-state index is -0.775. The van der Waals surface area contributed by atoms with E-state index in [1.165, 1.54) is 4.57 Å². The minimum absolute atomic E-state index is 0.0950. The fraction of sp³-hybridized carbons (Fsp3) is 0.250. The molecule has 114 valence electrons. The van der Waals surface area contributed by atoms with Crippen molar-refractivity contribution in [1.29, 1.82) is 0 Å². The third-order valence-corrected chi connectivity index (χ3v) is 4.31. The van der Waals surface area contributed by atoms with Crippen LogP contribution in [-0.2, 0) is 16.9 Å². The van der Waals surface area contributed by atoms with Crippen LogP contribution in [0.4, 0.5) is 0 Å². The molecule has 4 nitrogen and oxygen atoms in total. The van der Waals surface area contributed by atoms with Crippen LogP contribution < -0.4 is 5.56 Å². The van der Waals surface area contributed by atoms with E-state index in [0.29, 0.717) is 15.6 Å². The first-order chi connectivity index (χ1) is 10.3. The van der Waals surface area contributed by atoms with E-state index < -0.39 is 11.6 Å². The van der Waals surface area contributed by atoms with Crippen molar-refractivity contribution in [3.8, 4) is 0 Å². The Labute approximate surface area is 137 Å². The van der Waals surface area contributed by atoms with Gasteiger partial charge < -0.3 is 9.30 Å². The van der Waals surface area contributed by atoms with Gasteiger partial charge in [0.1, 0.15) is 11.2 Å². The van der Waals surface area contributed by atoms with Crippen molar-refractivity contribution < 1.29 is 9.53 Å². The molecule has 0 amide bonds. The number of hydrogen-bond donors (Lipinski definition) is 0. The van der Waals surface area contributed by atoms with Gasteiger partial charge in [-0.15, -0.1) is 0 Å². The molecule has 0 spiro atoms. The standard InChI is InChI=1S/C16H13Cl2NO3/c1-16(2)11-5-6-19(14(20)13(11)15(21)22-16)8-9-3-4-10(17)7-12(9)18/h3-7H,8H2,1-2H3. The average Bonchev–Trinajstić information content (AvgIpc) is 2.66. The van der Waals surface area contributed by atoms with Crippen LogP contribution >= 0.6 is 23.2 Å². The van der Waals surface area contributed by atoms with Crippen molar-refractivity contribution >= 4 is 29.2 Å². The number of esters is 1. The van der Waals surface area contributed by atoms with Gasteiger partial charge in [-0.25, -0.2) is 4.79 Å². The molecule has 0 unspecified atom stereocenters. The van der Waals surface area contributed by atoms with Gasteiger partial charge in [0, 0.05) is 21.8 Å². The quantitative estimate of drug-likeness (QED) is 0.786. The predicted molar refractivity (Wildman–Crippen MR) is 84.7 cm³/mol. The molecule has 0 fully saturated rings. The van der Waals surface area contributed by atoms with Gasteiger partial charge in [0.15, 0.2) is 0 Å². The molecule has 6 heteroatoms. The SMILES string of the molecule is CC1(C)OC(=O)c2c1ccn(Cc1ccc(Cl)cc1Cl)c2=O. The highest BCUT2D eigenvalue weighted by Gasteiger charge is 2.40. The molecule has 0 radical (unpaired) electrons. The highest BCUT2D eigenvalue weighted by molar-refractivity contribution is 6.35. The van der Waals surface area contributed by atoms with Crippen LogP contribution in [0.25, 0.3) is 0 Å². The van der Waals surface area contributed by atoms with Gasteiger partial charge in [0.25, 0.3) is 5.56 Å². The lowest BCUT2D eigenvalue weighted by atomic mass is 9.97. The van der Waals surface area contributed by atoms with E-state index >= 15 is 0 Å². The molecule has 0 saturated carbocycles.